The third-order valence-corrected chi connectivity index (χ3v) is 3.04. The molecule has 0 atom stereocenters. The SMILES string of the molecule is CNCc1ccc(NC(=O)c2cc(F)ccc2C)cc1. The number of nitrogens with one attached hydrogen (secondary N) is 2. The fourth-order valence-corrected chi connectivity index (χ4v) is 1.95. The number of anilines is 1. The van der Waals surface area contributed by atoms with E-state index in [1.54, 1.807) is 13.0 Å². The predicted octanol–water partition coefficient (Wildman–Crippen LogP) is 3.11. The van der Waals surface area contributed by atoms with Crippen LogP contribution in [0.5, 0.6) is 0 Å². The van der Waals surface area contributed by atoms with E-state index in [1.165, 1.54) is 12.1 Å². The van der Waals surface area contributed by atoms with Crippen LogP contribution in [-0.2, 0) is 6.54 Å². The summed E-state index contributed by atoms with van der Waals surface area (Å²) in [6.45, 7) is 2.56. The molecule has 4 heteroatoms. The van der Waals surface area contributed by atoms with Gasteiger partial charge in [-0.15, -0.1) is 0 Å². The van der Waals surface area contributed by atoms with Crippen molar-refractivity contribution in [1.29, 1.82) is 0 Å². The van der Waals surface area contributed by atoms with Crippen molar-refractivity contribution in [2.75, 3.05) is 12.4 Å². The van der Waals surface area contributed by atoms with E-state index in [9.17, 15) is 9.18 Å². The van der Waals surface area contributed by atoms with Gasteiger partial charge < -0.3 is 10.6 Å². The van der Waals surface area contributed by atoms with Crippen molar-refractivity contribution in [3.05, 3.63) is 65.0 Å². The number of benzene rings is 2. The molecule has 0 saturated heterocycles. The van der Waals surface area contributed by atoms with Crippen molar-refractivity contribution in [3.8, 4) is 0 Å². The summed E-state index contributed by atoms with van der Waals surface area (Å²) in [6.07, 6.45) is 0. The van der Waals surface area contributed by atoms with E-state index in [-0.39, 0.29) is 5.91 Å². The molecule has 3 nitrogen and oxygen atoms in total. The van der Waals surface area contributed by atoms with Gasteiger partial charge in [0, 0.05) is 17.8 Å². The zero-order chi connectivity index (χ0) is 14.5. The Morgan fingerprint density at radius 2 is 1.85 bits per heavy atom. The number of hydrogen-bond acceptors (Lipinski definition) is 2. The maximum absolute atomic E-state index is 13.2. The Balaban J connectivity index is 2.13. The first-order valence-corrected chi connectivity index (χ1v) is 6.41. The van der Waals surface area contributed by atoms with Gasteiger partial charge in [0.05, 0.1) is 0 Å². The Bertz CT molecular complexity index is 608. The zero-order valence-electron chi connectivity index (χ0n) is 11.5. The quantitative estimate of drug-likeness (QED) is 0.898. The highest BCUT2D eigenvalue weighted by molar-refractivity contribution is 6.05. The molecule has 0 aromatic heterocycles. The fraction of sp³-hybridized carbons (Fsp3) is 0.188. The van der Waals surface area contributed by atoms with Gasteiger partial charge in [-0.2, -0.15) is 0 Å². The van der Waals surface area contributed by atoms with Crippen molar-refractivity contribution in [1.82, 2.24) is 5.32 Å². The van der Waals surface area contributed by atoms with Gasteiger partial charge in [-0.05, 0) is 49.4 Å². The lowest BCUT2D eigenvalue weighted by atomic mass is 10.1. The molecule has 0 radical (unpaired) electrons. The van der Waals surface area contributed by atoms with Crippen LogP contribution in [0, 0.1) is 12.7 Å². The van der Waals surface area contributed by atoms with Gasteiger partial charge in [0.1, 0.15) is 5.82 Å². The van der Waals surface area contributed by atoms with E-state index in [0.717, 1.165) is 17.7 Å². The highest BCUT2D eigenvalue weighted by Gasteiger charge is 2.10. The molecule has 0 saturated carbocycles. The van der Waals surface area contributed by atoms with Crippen molar-refractivity contribution in [2.45, 2.75) is 13.5 Å². The summed E-state index contributed by atoms with van der Waals surface area (Å²) in [5.41, 5.74) is 2.92. The minimum atomic E-state index is -0.412. The molecule has 2 aromatic rings. The highest BCUT2D eigenvalue weighted by atomic mass is 19.1. The van der Waals surface area contributed by atoms with Crippen LogP contribution in [0.3, 0.4) is 0 Å². The van der Waals surface area contributed by atoms with Gasteiger partial charge in [0.25, 0.3) is 5.91 Å². The second kappa shape index (κ2) is 6.30. The van der Waals surface area contributed by atoms with E-state index in [4.69, 9.17) is 0 Å². The van der Waals surface area contributed by atoms with Crippen molar-refractivity contribution in [3.63, 3.8) is 0 Å². The average molecular weight is 272 g/mol. The van der Waals surface area contributed by atoms with Gasteiger partial charge in [0.15, 0.2) is 0 Å². The van der Waals surface area contributed by atoms with Gasteiger partial charge >= 0.3 is 0 Å². The van der Waals surface area contributed by atoms with E-state index in [2.05, 4.69) is 10.6 Å². The average Bonchev–Trinajstić information content (AvgIpc) is 2.44. The zero-order valence-corrected chi connectivity index (χ0v) is 11.5. The van der Waals surface area contributed by atoms with E-state index >= 15 is 0 Å². The van der Waals surface area contributed by atoms with E-state index < -0.39 is 5.82 Å². The molecular weight excluding hydrogens is 255 g/mol. The summed E-state index contributed by atoms with van der Waals surface area (Å²) >= 11 is 0. The number of rotatable bonds is 4. The van der Waals surface area contributed by atoms with Crippen LogP contribution in [0.25, 0.3) is 0 Å². The van der Waals surface area contributed by atoms with Gasteiger partial charge in [-0.1, -0.05) is 18.2 Å². The Kier molecular flexibility index (Phi) is 4.48. The summed E-state index contributed by atoms with van der Waals surface area (Å²) in [5, 5.41) is 5.82. The topological polar surface area (TPSA) is 41.1 Å². The largest absolute Gasteiger partial charge is 0.322 e. The molecule has 2 aromatic carbocycles. The molecular formula is C16H17FN2O. The van der Waals surface area contributed by atoms with Crippen molar-refractivity contribution >= 4 is 11.6 Å². The lowest BCUT2D eigenvalue weighted by Gasteiger charge is -2.08. The van der Waals surface area contributed by atoms with Crippen LogP contribution in [0.1, 0.15) is 21.5 Å². The third-order valence-electron chi connectivity index (χ3n) is 3.04. The Morgan fingerprint density at radius 1 is 1.15 bits per heavy atom. The molecule has 20 heavy (non-hydrogen) atoms. The first-order chi connectivity index (χ1) is 9.60. The smallest absolute Gasteiger partial charge is 0.256 e. The summed E-state index contributed by atoms with van der Waals surface area (Å²) in [4.78, 5) is 12.1. The molecule has 0 heterocycles. The second-order valence-corrected chi connectivity index (χ2v) is 4.64. The number of aryl methyl sites for hydroxylation is 1. The van der Waals surface area contributed by atoms with Crippen LogP contribution in [-0.4, -0.2) is 13.0 Å². The van der Waals surface area contributed by atoms with Crippen LogP contribution >= 0.6 is 0 Å². The highest BCUT2D eigenvalue weighted by Crippen LogP contribution is 2.14. The molecule has 1 amide bonds. The van der Waals surface area contributed by atoms with Crippen LogP contribution in [0.2, 0.25) is 0 Å². The number of carbonyl (C=O) groups excluding carboxylic acids is 1. The maximum atomic E-state index is 13.2. The minimum absolute atomic E-state index is 0.302. The summed E-state index contributed by atoms with van der Waals surface area (Å²) in [5.74, 6) is -0.714. The van der Waals surface area contributed by atoms with E-state index in [0.29, 0.717) is 11.3 Å². The molecule has 0 unspecified atom stereocenters. The lowest BCUT2D eigenvalue weighted by Crippen LogP contribution is -2.14. The minimum Gasteiger partial charge on any atom is -0.322 e. The van der Waals surface area contributed by atoms with Gasteiger partial charge in [-0.25, -0.2) is 4.39 Å². The molecule has 0 aliphatic heterocycles. The monoisotopic (exact) mass is 272 g/mol. The normalized spacial score (nSPS) is 10.3. The lowest BCUT2D eigenvalue weighted by molar-refractivity contribution is 0.102. The standard InChI is InChI=1S/C16H17FN2O/c1-11-3-6-13(17)9-15(11)16(20)19-14-7-4-12(5-8-14)10-18-2/h3-9,18H,10H2,1-2H3,(H,19,20). The Morgan fingerprint density at radius 3 is 2.50 bits per heavy atom. The Labute approximate surface area is 117 Å². The molecule has 0 bridgehead atoms. The number of amides is 1. The Hall–Kier alpha value is -2.20. The fourth-order valence-electron chi connectivity index (χ4n) is 1.95. The van der Waals surface area contributed by atoms with Gasteiger partial charge in [-0.3, -0.25) is 4.79 Å². The van der Waals surface area contributed by atoms with Crippen LogP contribution < -0.4 is 10.6 Å². The first kappa shape index (κ1) is 14.2. The van der Waals surface area contributed by atoms with E-state index in [1.807, 2.05) is 31.3 Å². The molecule has 2 rings (SSSR count). The molecule has 0 aliphatic carbocycles. The molecule has 0 spiro atoms. The predicted molar refractivity (Wildman–Crippen MR) is 78.3 cm³/mol. The third kappa shape index (κ3) is 3.42. The maximum Gasteiger partial charge on any atom is 0.256 e. The number of halogens is 1. The van der Waals surface area contributed by atoms with Crippen molar-refractivity contribution in [2.24, 2.45) is 0 Å². The summed E-state index contributed by atoms with van der Waals surface area (Å²) in [7, 11) is 1.88. The second-order valence-electron chi connectivity index (χ2n) is 4.64. The molecule has 104 valence electrons. The summed E-state index contributed by atoms with van der Waals surface area (Å²) < 4.78 is 13.2. The van der Waals surface area contributed by atoms with Crippen molar-refractivity contribution < 1.29 is 9.18 Å². The number of carbonyl (C=O) groups is 1. The van der Waals surface area contributed by atoms with Crippen LogP contribution in [0.15, 0.2) is 42.5 Å². The molecule has 0 aliphatic rings. The summed E-state index contributed by atoms with van der Waals surface area (Å²) in [6, 6.07) is 11.7. The van der Waals surface area contributed by atoms with Crippen LogP contribution in [0.4, 0.5) is 10.1 Å². The first-order valence-electron chi connectivity index (χ1n) is 6.41. The molecule has 2 N–H and O–H groups in total. The molecule has 0 fully saturated rings. The number of hydrogen-bond donors (Lipinski definition) is 2. The van der Waals surface area contributed by atoms with Gasteiger partial charge in [0.2, 0.25) is 0 Å².